The molecule has 2 rings (SSSR count). The third-order valence-corrected chi connectivity index (χ3v) is 4.51. The number of benzene rings is 2. The minimum absolute atomic E-state index is 0.132. The zero-order valence-corrected chi connectivity index (χ0v) is 16.0. The molecule has 0 saturated heterocycles. The number of amides is 1. The second-order valence-corrected chi connectivity index (χ2v) is 7.51. The molecule has 0 radical (unpaired) electrons. The number of hydrogen-bond donors (Lipinski definition) is 3. The number of carboxylic acids is 1. The molecule has 2 aromatic carbocycles. The van der Waals surface area contributed by atoms with Crippen LogP contribution in [0.2, 0.25) is 0 Å². The van der Waals surface area contributed by atoms with E-state index in [4.69, 9.17) is 0 Å². The van der Waals surface area contributed by atoms with Crippen molar-refractivity contribution in [2.75, 3.05) is 6.54 Å². The van der Waals surface area contributed by atoms with E-state index in [0.29, 0.717) is 29.0 Å². The zero-order chi connectivity index (χ0) is 20.0. The Kier molecular flexibility index (Phi) is 6.75. The van der Waals surface area contributed by atoms with Crippen molar-refractivity contribution < 1.29 is 19.8 Å². The highest BCUT2D eigenvalue weighted by Gasteiger charge is 2.23. The van der Waals surface area contributed by atoms with Crippen LogP contribution in [0.5, 0.6) is 0 Å². The highest BCUT2D eigenvalue weighted by Crippen LogP contribution is 2.27. The fourth-order valence-corrected chi connectivity index (χ4v) is 2.87. The summed E-state index contributed by atoms with van der Waals surface area (Å²) in [5.74, 6) is -0.909. The van der Waals surface area contributed by atoms with Gasteiger partial charge in [0.25, 0.3) is 5.91 Å². The largest absolute Gasteiger partial charge is 0.478 e. The summed E-state index contributed by atoms with van der Waals surface area (Å²) in [6.45, 7) is 6.02. The van der Waals surface area contributed by atoms with Gasteiger partial charge in [0.15, 0.2) is 0 Å². The van der Waals surface area contributed by atoms with Crippen molar-refractivity contribution in [1.82, 2.24) is 5.32 Å². The molecule has 0 aromatic heterocycles. The Balaban J connectivity index is 2.23. The molecule has 2 aromatic rings. The maximum Gasteiger partial charge on any atom is 0.336 e. The summed E-state index contributed by atoms with van der Waals surface area (Å²) in [5.41, 5.74) is 0.568. The Hall–Kier alpha value is -2.66. The van der Waals surface area contributed by atoms with Crippen molar-refractivity contribution in [1.29, 1.82) is 0 Å². The normalized spacial score (nSPS) is 13.2. The molecule has 1 unspecified atom stereocenters. The number of carbonyl (C=O) groups excluding carboxylic acids is 1. The van der Waals surface area contributed by atoms with Gasteiger partial charge in [0, 0.05) is 12.1 Å². The van der Waals surface area contributed by atoms with Gasteiger partial charge in [0.2, 0.25) is 0 Å². The van der Waals surface area contributed by atoms with E-state index >= 15 is 0 Å². The van der Waals surface area contributed by atoms with Crippen LogP contribution < -0.4 is 5.32 Å². The molecule has 1 atom stereocenters. The Bertz CT molecular complexity index is 811. The third-order valence-electron chi connectivity index (χ3n) is 4.51. The number of hydrogen-bond acceptors (Lipinski definition) is 3. The van der Waals surface area contributed by atoms with Gasteiger partial charge in [0.05, 0.1) is 11.2 Å². The predicted molar refractivity (Wildman–Crippen MR) is 106 cm³/mol. The van der Waals surface area contributed by atoms with E-state index in [1.54, 1.807) is 49.4 Å². The van der Waals surface area contributed by atoms with Crippen molar-refractivity contribution in [3.8, 4) is 11.1 Å². The quantitative estimate of drug-likeness (QED) is 0.657. The van der Waals surface area contributed by atoms with Crippen LogP contribution in [-0.4, -0.2) is 34.2 Å². The summed E-state index contributed by atoms with van der Waals surface area (Å²) in [5, 5.41) is 22.7. The van der Waals surface area contributed by atoms with Gasteiger partial charge in [-0.1, -0.05) is 50.2 Å². The molecule has 5 nitrogen and oxygen atoms in total. The summed E-state index contributed by atoms with van der Waals surface area (Å²) in [4.78, 5) is 24.3. The van der Waals surface area contributed by atoms with Crippen LogP contribution in [0.25, 0.3) is 11.1 Å². The number of carboxylic acid groups (broad SMARTS) is 1. The van der Waals surface area contributed by atoms with Crippen molar-refractivity contribution in [3.63, 3.8) is 0 Å². The SMILES string of the molecule is CC(C)CCC(C)(O)CNC(=O)c1ccccc1-c1ccccc1C(=O)O. The average Bonchev–Trinajstić information content (AvgIpc) is 2.64. The molecule has 0 aliphatic heterocycles. The van der Waals surface area contributed by atoms with E-state index < -0.39 is 11.6 Å². The molecular weight excluding hydrogens is 342 g/mol. The van der Waals surface area contributed by atoms with E-state index in [1.807, 2.05) is 0 Å². The highest BCUT2D eigenvalue weighted by molar-refractivity contribution is 6.04. The van der Waals surface area contributed by atoms with Crippen LogP contribution in [0.3, 0.4) is 0 Å². The summed E-state index contributed by atoms with van der Waals surface area (Å²) in [6.07, 6.45) is 1.46. The van der Waals surface area contributed by atoms with Crippen LogP contribution in [0.4, 0.5) is 0 Å². The smallest absolute Gasteiger partial charge is 0.336 e. The minimum atomic E-state index is -1.04. The van der Waals surface area contributed by atoms with Crippen molar-refractivity contribution >= 4 is 11.9 Å². The van der Waals surface area contributed by atoms with E-state index in [9.17, 15) is 19.8 Å². The standard InChI is InChI=1S/C22H27NO4/c1-15(2)12-13-22(3,27)14-23-20(24)18-10-6-4-8-16(18)17-9-5-7-11-19(17)21(25)26/h4-11,15,27H,12-14H2,1-3H3,(H,23,24)(H,25,26). The number of aromatic carboxylic acids is 1. The Morgan fingerprint density at radius 3 is 2.07 bits per heavy atom. The molecule has 0 spiro atoms. The lowest BCUT2D eigenvalue weighted by Crippen LogP contribution is -2.41. The molecule has 1 amide bonds. The van der Waals surface area contributed by atoms with Crippen molar-refractivity contribution in [2.45, 2.75) is 39.2 Å². The molecule has 5 heteroatoms. The lowest BCUT2D eigenvalue weighted by Gasteiger charge is -2.25. The summed E-state index contributed by atoms with van der Waals surface area (Å²) >= 11 is 0. The van der Waals surface area contributed by atoms with Gasteiger partial charge < -0.3 is 15.5 Å². The Labute approximate surface area is 160 Å². The molecule has 0 heterocycles. The summed E-state index contributed by atoms with van der Waals surface area (Å²) in [7, 11) is 0. The van der Waals surface area contributed by atoms with E-state index in [0.717, 1.165) is 6.42 Å². The van der Waals surface area contributed by atoms with Crippen molar-refractivity contribution in [3.05, 3.63) is 59.7 Å². The maximum atomic E-state index is 12.7. The number of nitrogens with one attached hydrogen (secondary N) is 1. The summed E-state index contributed by atoms with van der Waals surface area (Å²) in [6, 6.07) is 13.5. The van der Waals surface area contributed by atoms with Gasteiger partial charge in [0.1, 0.15) is 0 Å². The number of rotatable bonds is 8. The van der Waals surface area contributed by atoms with Gasteiger partial charge in [-0.2, -0.15) is 0 Å². The van der Waals surface area contributed by atoms with Gasteiger partial charge in [-0.15, -0.1) is 0 Å². The average molecular weight is 369 g/mol. The fourth-order valence-electron chi connectivity index (χ4n) is 2.87. The monoisotopic (exact) mass is 369 g/mol. The van der Waals surface area contributed by atoms with Crippen LogP contribution in [-0.2, 0) is 0 Å². The Morgan fingerprint density at radius 1 is 1.00 bits per heavy atom. The van der Waals surface area contributed by atoms with Gasteiger partial charge in [-0.25, -0.2) is 4.79 Å². The lowest BCUT2D eigenvalue weighted by atomic mass is 9.93. The van der Waals surface area contributed by atoms with E-state index in [1.165, 1.54) is 6.07 Å². The van der Waals surface area contributed by atoms with Gasteiger partial charge in [-0.3, -0.25) is 4.79 Å². The highest BCUT2D eigenvalue weighted by atomic mass is 16.4. The fraction of sp³-hybridized carbons (Fsp3) is 0.364. The molecule has 144 valence electrons. The van der Waals surface area contributed by atoms with Gasteiger partial charge >= 0.3 is 5.97 Å². The predicted octanol–water partition coefficient (Wildman–Crippen LogP) is 3.97. The van der Waals surface area contributed by atoms with E-state index in [-0.39, 0.29) is 18.0 Å². The molecule has 0 aliphatic carbocycles. The van der Waals surface area contributed by atoms with Crippen LogP contribution in [0.15, 0.2) is 48.5 Å². The lowest BCUT2D eigenvalue weighted by molar-refractivity contribution is 0.0429. The maximum absolute atomic E-state index is 12.7. The second-order valence-electron chi connectivity index (χ2n) is 7.51. The molecule has 0 bridgehead atoms. The first-order valence-corrected chi connectivity index (χ1v) is 9.13. The summed E-state index contributed by atoms with van der Waals surface area (Å²) < 4.78 is 0. The molecular formula is C22H27NO4. The minimum Gasteiger partial charge on any atom is -0.478 e. The topological polar surface area (TPSA) is 86.6 Å². The van der Waals surface area contributed by atoms with Crippen LogP contribution in [0.1, 0.15) is 54.3 Å². The first kappa shape index (κ1) is 20.6. The van der Waals surface area contributed by atoms with Gasteiger partial charge in [-0.05, 0) is 48.9 Å². The number of carbonyl (C=O) groups is 2. The Morgan fingerprint density at radius 2 is 1.52 bits per heavy atom. The molecule has 27 heavy (non-hydrogen) atoms. The first-order chi connectivity index (χ1) is 12.7. The van der Waals surface area contributed by atoms with E-state index in [2.05, 4.69) is 19.2 Å². The molecule has 0 fully saturated rings. The molecule has 3 N–H and O–H groups in total. The molecule has 0 aliphatic rings. The van der Waals surface area contributed by atoms with Crippen LogP contribution in [0, 0.1) is 5.92 Å². The van der Waals surface area contributed by atoms with Crippen molar-refractivity contribution in [2.24, 2.45) is 5.92 Å². The molecule has 0 saturated carbocycles. The second kappa shape index (κ2) is 8.82. The zero-order valence-electron chi connectivity index (χ0n) is 16.0. The third kappa shape index (κ3) is 5.66. The van der Waals surface area contributed by atoms with Crippen LogP contribution >= 0.6 is 0 Å². The number of aliphatic hydroxyl groups is 1. The first-order valence-electron chi connectivity index (χ1n) is 9.13.